The average molecular weight is 283 g/mol. The molecule has 2 fully saturated rings. The van der Waals surface area contributed by atoms with Gasteiger partial charge in [0.25, 0.3) is 0 Å². The van der Waals surface area contributed by atoms with Crippen molar-refractivity contribution in [2.24, 2.45) is 23.2 Å². The van der Waals surface area contributed by atoms with Gasteiger partial charge < -0.3 is 15.1 Å². The molecule has 0 bridgehead atoms. The van der Waals surface area contributed by atoms with Gasteiger partial charge in [-0.2, -0.15) is 0 Å². The predicted octanol–water partition coefficient (Wildman–Crippen LogP) is 2.51. The van der Waals surface area contributed by atoms with E-state index in [0.717, 1.165) is 44.7 Å². The van der Waals surface area contributed by atoms with Gasteiger partial charge in [-0.25, -0.2) is 0 Å². The molecule has 0 aromatic heterocycles. The molecule has 2 aliphatic rings. The van der Waals surface area contributed by atoms with Gasteiger partial charge in [-0.3, -0.25) is 0 Å². The number of hydrogen-bond donors (Lipinski definition) is 2. The molecule has 0 heterocycles. The van der Waals surface area contributed by atoms with Crippen LogP contribution in [0.1, 0.15) is 52.9 Å². The van der Waals surface area contributed by atoms with Crippen molar-refractivity contribution < 1.29 is 10.2 Å². The fourth-order valence-electron chi connectivity index (χ4n) is 4.00. The summed E-state index contributed by atoms with van der Waals surface area (Å²) in [5, 5.41) is 19.6. The Bertz CT molecular complexity index is 307. The summed E-state index contributed by atoms with van der Waals surface area (Å²) in [5.41, 5.74) is 0.356. The van der Waals surface area contributed by atoms with Gasteiger partial charge in [0.05, 0.1) is 12.2 Å². The standard InChI is InChI=1S/C17H33NO2/c1-17(2,3)14-5-6-16(20)13(9-14)11-18(4)10-12-7-15(19)8-12/h12-16,19-20H,5-11H2,1-4H3. The van der Waals surface area contributed by atoms with Crippen LogP contribution in [0.15, 0.2) is 0 Å². The van der Waals surface area contributed by atoms with Crippen molar-refractivity contribution >= 4 is 0 Å². The van der Waals surface area contributed by atoms with E-state index in [4.69, 9.17) is 0 Å². The third kappa shape index (κ3) is 4.19. The van der Waals surface area contributed by atoms with Gasteiger partial charge in [-0.1, -0.05) is 20.8 Å². The largest absolute Gasteiger partial charge is 0.393 e. The minimum Gasteiger partial charge on any atom is -0.393 e. The van der Waals surface area contributed by atoms with Crippen LogP contribution in [-0.2, 0) is 0 Å². The normalized spacial score (nSPS) is 38.9. The first-order valence-electron chi connectivity index (χ1n) is 8.30. The van der Waals surface area contributed by atoms with E-state index in [2.05, 4.69) is 32.7 Å². The van der Waals surface area contributed by atoms with Crippen LogP contribution in [0.5, 0.6) is 0 Å². The molecule has 2 aliphatic carbocycles. The molecule has 2 saturated carbocycles. The van der Waals surface area contributed by atoms with Crippen LogP contribution in [0.3, 0.4) is 0 Å². The summed E-state index contributed by atoms with van der Waals surface area (Å²) in [7, 11) is 2.16. The summed E-state index contributed by atoms with van der Waals surface area (Å²) in [4.78, 5) is 2.37. The van der Waals surface area contributed by atoms with E-state index in [1.54, 1.807) is 0 Å². The van der Waals surface area contributed by atoms with E-state index in [9.17, 15) is 10.2 Å². The Hall–Kier alpha value is -0.120. The maximum absolute atomic E-state index is 10.3. The molecule has 3 atom stereocenters. The first kappa shape index (κ1) is 16.3. The highest BCUT2D eigenvalue weighted by molar-refractivity contribution is 4.87. The highest BCUT2D eigenvalue weighted by Gasteiger charge is 2.36. The van der Waals surface area contributed by atoms with Crippen LogP contribution in [0.25, 0.3) is 0 Å². The SMILES string of the molecule is CN(CC1CC(O)C1)CC1CC(C(C)(C)C)CCC1O. The highest BCUT2D eigenvalue weighted by Crippen LogP contribution is 2.40. The maximum atomic E-state index is 10.3. The lowest BCUT2D eigenvalue weighted by Crippen LogP contribution is -2.43. The van der Waals surface area contributed by atoms with Gasteiger partial charge in [0.2, 0.25) is 0 Å². The molecule has 0 aromatic carbocycles. The van der Waals surface area contributed by atoms with Crippen molar-refractivity contribution in [2.45, 2.75) is 65.1 Å². The molecule has 0 saturated heterocycles. The molecule has 3 unspecified atom stereocenters. The van der Waals surface area contributed by atoms with Crippen molar-refractivity contribution in [3.05, 3.63) is 0 Å². The third-order valence-electron chi connectivity index (χ3n) is 5.49. The zero-order valence-electron chi connectivity index (χ0n) is 13.7. The minimum atomic E-state index is -0.122. The van der Waals surface area contributed by atoms with Gasteiger partial charge in [-0.05, 0) is 62.3 Å². The lowest BCUT2D eigenvalue weighted by molar-refractivity contribution is -0.00703. The maximum Gasteiger partial charge on any atom is 0.0580 e. The van der Waals surface area contributed by atoms with Crippen LogP contribution < -0.4 is 0 Å². The summed E-state index contributed by atoms with van der Waals surface area (Å²) < 4.78 is 0. The zero-order chi connectivity index (χ0) is 14.9. The van der Waals surface area contributed by atoms with E-state index in [1.807, 2.05) is 0 Å². The quantitative estimate of drug-likeness (QED) is 0.833. The number of aliphatic hydroxyl groups is 2. The van der Waals surface area contributed by atoms with Gasteiger partial charge in [-0.15, -0.1) is 0 Å². The molecule has 0 amide bonds. The summed E-state index contributed by atoms with van der Waals surface area (Å²) >= 11 is 0. The van der Waals surface area contributed by atoms with Crippen molar-refractivity contribution in [3.8, 4) is 0 Å². The molecular weight excluding hydrogens is 250 g/mol. The summed E-state index contributed by atoms with van der Waals surface area (Å²) in [5.74, 6) is 1.81. The first-order valence-corrected chi connectivity index (χ1v) is 8.30. The van der Waals surface area contributed by atoms with Crippen LogP contribution in [0, 0.1) is 23.2 Å². The second kappa shape index (κ2) is 6.33. The van der Waals surface area contributed by atoms with Crippen LogP contribution in [0.4, 0.5) is 0 Å². The smallest absolute Gasteiger partial charge is 0.0580 e. The summed E-state index contributed by atoms with van der Waals surface area (Å²) in [6, 6.07) is 0. The van der Waals surface area contributed by atoms with Crippen LogP contribution in [-0.4, -0.2) is 47.5 Å². The van der Waals surface area contributed by atoms with Crippen molar-refractivity contribution in [1.82, 2.24) is 4.90 Å². The Morgan fingerprint density at radius 3 is 2.20 bits per heavy atom. The molecule has 3 heteroatoms. The van der Waals surface area contributed by atoms with Gasteiger partial charge in [0.15, 0.2) is 0 Å². The lowest BCUT2D eigenvalue weighted by Gasteiger charge is -2.42. The zero-order valence-corrected chi connectivity index (χ0v) is 13.7. The lowest BCUT2D eigenvalue weighted by atomic mass is 9.68. The van der Waals surface area contributed by atoms with E-state index in [-0.39, 0.29) is 12.2 Å². The third-order valence-corrected chi connectivity index (χ3v) is 5.49. The molecule has 2 rings (SSSR count). The molecule has 0 radical (unpaired) electrons. The summed E-state index contributed by atoms with van der Waals surface area (Å²) in [6.45, 7) is 9.05. The molecule has 0 aromatic rings. The number of hydrogen-bond acceptors (Lipinski definition) is 3. The van der Waals surface area contributed by atoms with Crippen LogP contribution in [0.2, 0.25) is 0 Å². The number of aliphatic hydroxyl groups excluding tert-OH is 2. The van der Waals surface area contributed by atoms with Gasteiger partial charge in [0.1, 0.15) is 0 Å². The van der Waals surface area contributed by atoms with E-state index >= 15 is 0 Å². The van der Waals surface area contributed by atoms with Crippen molar-refractivity contribution in [1.29, 1.82) is 0 Å². The molecular formula is C17H33NO2. The molecule has 0 spiro atoms. The fraction of sp³-hybridized carbons (Fsp3) is 1.00. The second-order valence-electron chi connectivity index (χ2n) is 8.42. The first-order chi connectivity index (χ1) is 9.25. The molecule has 118 valence electrons. The monoisotopic (exact) mass is 283 g/mol. The second-order valence-corrected chi connectivity index (χ2v) is 8.42. The van der Waals surface area contributed by atoms with Crippen molar-refractivity contribution in [2.75, 3.05) is 20.1 Å². The number of nitrogens with zero attached hydrogens (tertiary/aromatic N) is 1. The predicted molar refractivity (Wildman–Crippen MR) is 82.5 cm³/mol. The van der Waals surface area contributed by atoms with Gasteiger partial charge in [0, 0.05) is 13.1 Å². The Morgan fingerprint density at radius 2 is 1.65 bits per heavy atom. The highest BCUT2D eigenvalue weighted by atomic mass is 16.3. The molecule has 3 nitrogen and oxygen atoms in total. The Kier molecular flexibility index (Phi) is 5.14. The Labute approximate surface area is 124 Å². The molecule has 2 N–H and O–H groups in total. The average Bonchev–Trinajstić information content (AvgIpc) is 2.28. The Morgan fingerprint density at radius 1 is 1.00 bits per heavy atom. The Balaban J connectivity index is 1.80. The molecule has 0 aliphatic heterocycles. The van der Waals surface area contributed by atoms with Crippen LogP contribution >= 0.6 is 0 Å². The van der Waals surface area contributed by atoms with E-state index < -0.39 is 0 Å². The van der Waals surface area contributed by atoms with Gasteiger partial charge >= 0.3 is 0 Å². The van der Waals surface area contributed by atoms with E-state index in [0.29, 0.717) is 17.3 Å². The molecule has 20 heavy (non-hydrogen) atoms. The minimum absolute atomic E-state index is 0.0565. The fourth-order valence-corrected chi connectivity index (χ4v) is 4.00. The summed E-state index contributed by atoms with van der Waals surface area (Å²) in [6.07, 6.45) is 5.02. The van der Waals surface area contributed by atoms with E-state index in [1.165, 1.54) is 6.42 Å². The van der Waals surface area contributed by atoms with Crippen molar-refractivity contribution in [3.63, 3.8) is 0 Å². The topological polar surface area (TPSA) is 43.7 Å². The number of rotatable bonds is 4.